The number of carbonyl (C=O) groups excluding carboxylic acids is 1. The topological polar surface area (TPSA) is 50.2 Å². The minimum atomic E-state index is -0.0541. The van der Waals surface area contributed by atoms with Gasteiger partial charge in [0.05, 0.1) is 12.1 Å². The molecular weight excluding hydrogens is 384 g/mol. The van der Waals surface area contributed by atoms with Crippen molar-refractivity contribution in [1.29, 1.82) is 0 Å². The Labute approximate surface area is 177 Å². The molecule has 2 aliphatic heterocycles. The minimum absolute atomic E-state index is 0. The number of hydrogen-bond acceptors (Lipinski definition) is 3. The van der Waals surface area contributed by atoms with Crippen molar-refractivity contribution in [2.75, 3.05) is 13.1 Å². The molecule has 5 rings (SSSR count). The Bertz CT molecular complexity index is 983. The third-order valence-corrected chi connectivity index (χ3v) is 6.04. The van der Waals surface area contributed by atoms with Crippen LogP contribution in [-0.2, 0) is 24.9 Å². The van der Waals surface area contributed by atoms with Crippen molar-refractivity contribution in [2.24, 2.45) is 13.0 Å². The van der Waals surface area contributed by atoms with Gasteiger partial charge in [0.2, 0.25) is 5.91 Å². The van der Waals surface area contributed by atoms with Gasteiger partial charge in [-0.1, -0.05) is 48.5 Å². The summed E-state index contributed by atoms with van der Waals surface area (Å²) in [5.41, 5.74) is 6.04. The molecule has 1 N–H and O–H groups in total. The lowest BCUT2D eigenvalue weighted by Crippen LogP contribution is -2.37. The van der Waals surface area contributed by atoms with Gasteiger partial charge in [0, 0.05) is 45.3 Å². The van der Waals surface area contributed by atoms with Crippen LogP contribution in [-0.4, -0.2) is 33.7 Å². The largest absolute Gasteiger partial charge is 0.334 e. The maximum atomic E-state index is 13.6. The molecule has 2 atom stereocenters. The van der Waals surface area contributed by atoms with Gasteiger partial charge in [-0.15, -0.1) is 12.4 Å². The molecule has 3 aromatic rings. The van der Waals surface area contributed by atoms with Crippen molar-refractivity contribution < 1.29 is 4.79 Å². The average Bonchev–Trinajstić information content (AvgIpc) is 3.33. The number of aryl methyl sites for hydroxylation is 1. The molecule has 0 bridgehead atoms. The van der Waals surface area contributed by atoms with E-state index < -0.39 is 0 Å². The Morgan fingerprint density at radius 1 is 1.00 bits per heavy atom. The van der Waals surface area contributed by atoms with Crippen LogP contribution < -0.4 is 5.32 Å². The van der Waals surface area contributed by atoms with Gasteiger partial charge in [-0.3, -0.25) is 9.48 Å². The van der Waals surface area contributed by atoms with Crippen LogP contribution in [0, 0.1) is 5.92 Å². The second-order valence-electron chi connectivity index (χ2n) is 7.83. The summed E-state index contributed by atoms with van der Waals surface area (Å²) < 4.78 is 1.81. The van der Waals surface area contributed by atoms with Gasteiger partial charge in [0.1, 0.15) is 0 Å². The van der Waals surface area contributed by atoms with Gasteiger partial charge in [-0.05, 0) is 27.8 Å². The standard InChI is InChI=1S/C23H24N4O.ClH/c1-26-13-18(10-25-26)21-11-24-12-22(21)23(28)27-14-16-6-2-4-8-19(16)20-9-5-3-7-17(20)15-27;/h2-10,13,21-22,24H,11-12,14-15H2,1H3;1H/t21-,22+;/m1./s1. The number of benzene rings is 2. The Hall–Kier alpha value is -2.63. The monoisotopic (exact) mass is 408 g/mol. The fraction of sp³-hybridized carbons (Fsp3) is 0.304. The number of fused-ring (bicyclic) bond motifs is 3. The number of nitrogens with zero attached hydrogens (tertiary/aromatic N) is 3. The first-order valence-electron chi connectivity index (χ1n) is 9.85. The second-order valence-corrected chi connectivity index (χ2v) is 7.83. The summed E-state index contributed by atoms with van der Waals surface area (Å²) in [5.74, 6) is 0.349. The molecule has 0 aliphatic carbocycles. The fourth-order valence-electron chi connectivity index (χ4n) is 4.62. The molecule has 1 amide bonds. The maximum absolute atomic E-state index is 13.6. The molecule has 2 aromatic carbocycles. The SMILES string of the molecule is Cl.Cn1cc([C@H]2CNC[C@@H]2C(=O)N2Cc3ccccc3-c3ccccc3C2)cn1. The maximum Gasteiger partial charge on any atom is 0.228 e. The van der Waals surface area contributed by atoms with Gasteiger partial charge in [-0.2, -0.15) is 5.10 Å². The van der Waals surface area contributed by atoms with Gasteiger partial charge >= 0.3 is 0 Å². The van der Waals surface area contributed by atoms with Crippen LogP contribution in [0.15, 0.2) is 60.9 Å². The second kappa shape index (κ2) is 8.01. The predicted octanol–water partition coefficient (Wildman–Crippen LogP) is 3.35. The summed E-state index contributed by atoms with van der Waals surface area (Å²) in [4.78, 5) is 15.7. The molecule has 0 unspecified atom stereocenters. The molecule has 3 heterocycles. The summed E-state index contributed by atoms with van der Waals surface area (Å²) in [5, 5.41) is 7.73. The third kappa shape index (κ3) is 3.56. The lowest BCUT2D eigenvalue weighted by Gasteiger charge is -2.27. The summed E-state index contributed by atoms with van der Waals surface area (Å²) in [6.45, 7) is 2.85. The van der Waals surface area contributed by atoms with Crippen LogP contribution in [0.5, 0.6) is 0 Å². The molecule has 1 aromatic heterocycles. The van der Waals surface area contributed by atoms with Crippen LogP contribution in [0.1, 0.15) is 22.6 Å². The zero-order valence-electron chi connectivity index (χ0n) is 16.4. The van der Waals surface area contributed by atoms with Crippen LogP contribution in [0.4, 0.5) is 0 Å². The highest BCUT2D eigenvalue weighted by molar-refractivity contribution is 5.85. The first kappa shape index (κ1) is 19.7. The van der Waals surface area contributed by atoms with Crippen LogP contribution in [0.2, 0.25) is 0 Å². The summed E-state index contributed by atoms with van der Waals surface area (Å²) in [6, 6.07) is 16.9. The fourth-order valence-corrected chi connectivity index (χ4v) is 4.62. The highest BCUT2D eigenvalue weighted by atomic mass is 35.5. The van der Waals surface area contributed by atoms with Crippen molar-refractivity contribution in [3.05, 3.63) is 77.6 Å². The van der Waals surface area contributed by atoms with E-state index in [1.807, 2.05) is 29.0 Å². The molecule has 5 nitrogen and oxygen atoms in total. The Balaban J connectivity index is 0.00000205. The van der Waals surface area contributed by atoms with E-state index >= 15 is 0 Å². The van der Waals surface area contributed by atoms with Crippen molar-refractivity contribution in [3.63, 3.8) is 0 Å². The van der Waals surface area contributed by atoms with E-state index in [2.05, 4.69) is 58.9 Å². The number of halogens is 1. The van der Waals surface area contributed by atoms with E-state index in [0.717, 1.165) is 18.7 Å². The van der Waals surface area contributed by atoms with E-state index in [1.165, 1.54) is 22.3 Å². The molecule has 0 spiro atoms. The Morgan fingerprint density at radius 2 is 1.62 bits per heavy atom. The van der Waals surface area contributed by atoms with Gasteiger partial charge in [0.15, 0.2) is 0 Å². The molecular formula is C23H25ClN4O. The van der Waals surface area contributed by atoms with Gasteiger partial charge in [-0.25, -0.2) is 0 Å². The molecule has 0 radical (unpaired) electrons. The molecule has 1 fully saturated rings. The van der Waals surface area contributed by atoms with Crippen molar-refractivity contribution in [3.8, 4) is 11.1 Å². The zero-order chi connectivity index (χ0) is 19.1. The summed E-state index contributed by atoms with van der Waals surface area (Å²) in [6.07, 6.45) is 3.93. The highest BCUT2D eigenvalue weighted by Crippen LogP contribution is 2.35. The quantitative estimate of drug-likeness (QED) is 0.707. The number of rotatable bonds is 2. The van der Waals surface area contributed by atoms with Crippen molar-refractivity contribution in [2.45, 2.75) is 19.0 Å². The Morgan fingerprint density at radius 3 is 2.21 bits per heavy atom. The van der Waals surface area contributed by atoms with Gasteiger partial charge < -0.3 is 10.2 Å². The summed E-state index contributed by atoms with van der Waals surface area (Å²) >= 11 is 0. The first-order valence-corrected chi connectivity index (χ1v) is 9.85. The zero-order valence-corrected chi connectivity index (χ0v) is 17.2. The molecule has 2 aliphatic rings. The van der Waals surface area contributed by atoms with E-state index in [4.69, 9.17) is 0 Å². The van der Waals surface area contributed by atoms with Crippen LogP contribution in [0.25, 0.3) is 11.1 Å². The predicted molar refractivity (Wildman–Crippen MR) is 116 cm³/mol. The number of amides is 1. The lowest BCUT2D eigenvalue weighted by atomic mass is 9.89. The van der Waals surface area contributed by atoms with E-state index in [-0.39, 0.29) is 30.2 Å². The molecule has 150 valence electrons. The highest BCUT2D eigenvalue weighted by Gasteiger charge is 2.37. The lowest BCUT2D eigenvalue weighted by molar-refractivity contribution is -0.136. The van der Waals surface area contributed by atoms with E-state index in [0.29, 0.717) is 13.1 Å². The van der Waals surface area contributed by atoms with Crippen LogP contribution >= 0.6 is 12.4 Å². The first-order chi connectivity index (χ1) is 13.7. The molecule has 6 heteroatoms. The van der Waals surface area contributed by atoms with Crippen molar-refractivity contribution in [1.82, 2.24) is 20.0 Å². The molecule has 29 heavy (non-hydrogen) atoms. The van der Waals surface area contributed by atoms with Crippen molar-refractivity contribution >= 4 is 18.3 Å². The normalized spacial score (nSPS) is 20.4. The molecule has 1 saturated heterocycles. The minimum Gasteiger partial charge on any atom is -0.334 e. The number of nitrogens with one attached hydrogen (secondary N) is 1. The number of carbonyl (C=O) groups is 1. The summed E-state index contributed by atoms with van der Waals surface area (Å²) in [7, 11) is 1.92. The average molecular weight is 409 g/mol. The van der Waals surface area contributed by atoms with Gasteiger partial charge in [0.25, 0.3) is 0 Å². The smallest absolute Gasteiger partial charge is 0.228 e. The van der Waals surface area contributed by atoms with Crippen LogP contribution in [0.3, 0.4) is 0 Å². The number of aromatic nitrogens is 2. The Kier molecular flexibility index (Phi) is 5.43. The molecule has 0 saturated carbocycles. The van der Waals surface area contributed by atoms with E-state index in [9.17, 15) is 4.79 Å². The van der Waals surface area contributed by atoms with E-state index in [1.54, 1.807) is 0 Å². The third-order valence-electron chi connectivity index (χ3n) is 6.04. The number of hydrogen-bond donors (Lipinski definition) is 1.